The lowest BCUT2D eigenvalue weighted by Crippen LogP contribution is -1.89. The van der Waals surface area contributed by atoms with E-state index in [-0.39, 0.29) is 0 Å². The van der Waals surface area contributed by atoms with Crippen LogP contribution >= 0.6 is 0 Å². The van der Waals surface area contributed by atoms with Crippen molar-refractivity contribution in [2.24, 2.45) is 7.05 Å². The lowest BCUT2D eigenvalue weighted by atomic mass is 10.0. The molecular weight excluding hydrogens is 240 g/mol. The van der Waals surface area contributed by atoms with Crippen LogP contribution in [0.5, 0.6) is 0 Å². The highest BCUT2D eigenvalue weighted by Crippen LogP contribution is 2.27. The van der Waals surface area contributed by atoms with Crippen LogP contribution in [0, 0.1) is 0 Å². The summed E-state index contributed by atoms with van der Waals surface area (Å²) in [5.74, 6) is 0. The molecule has 0 aliphatic carbocycles. The zero-order chi connectivity index (χ0) is 12.8. The highest BCUT2D eigenvalue weighted by Gasteiger charge is 2.09. The summed E-state index contributed by atoms with van der Waals surface area (Å²) in [6, 6.07) is 12.0. The van der Waals surface area contributed by atoms with Gasteiger partial charge in [0.05, 0.1) is 5.52 Å². The Bertz CT molecular complexity index is 888. The van der Waals surface area contributed by atoms with Crippen LogP contribution in [-0.4, -0.2) is 30.4 Å². The average molecular weight is 250 g/mol. The topological polar surface area (TPSA) is 72.3 Å². The zero-order valence-corrected chi connectivity index (χ0v) is 10.2. The van der Waals surface area contributed by atoms with Crippen LogP contribution in [0.15, 0.2) is 36.4 Å². The minimum absolute atomic E-state index is 0.858. The van der Waals surface area contributed by atoms with Gasteiger partial charge in [0.1, 0.15) is 16.6 Å². The number of aromatic nitrogens is 6. The molecule has 0 spiro atoms. The Morgan fingerprint density at radius 1 is 1.05 bits per heavy atom. The van der Waals surface area contributed by atoms with Crippen LogP contribution in [0.2, 0.25) is 0 Å². The molecule has 0 radical (unpaired) electrons. The summed E-state index contributed by atoms with van der Waals surface area (Å²) in [5, 5.41) is 19.1. The van der Waals surface area contributed by atoms with Gasteiger partial charge in [-0.25, -0.2) is 4.68 Å². The summed E-state index contributed by atoms with van der Waals surface area (Å²) in [6.07, 6.45) is 0. The van der Waals surface area contributed by atoms with Crippen molar-refractivity contribution in [1.82, 2.24) is 30.4 Å². The van der Waals surface area contributed by atoms with Crippen LogP contribution < -0.4 is 0 Å². The molecule has 0 saturated carbocycles. The molecule has 0 saturated heterocycles. The summed E-state index contributed by atoms with van der Waals surface area (Å²) < 4.78 is 1.76. The fourth-order valence-electron chi connectivity index (χ4n) is 2.31. The van der Waals surface area contributed by atoms with Crippen LogP contribution in [0.25, 0.3) is 33.2 Å². The number of nitrogens with zero attached hydrogens (tertiary/aromatic N) is 5. The number of aryl methyl sites for hydroxylation is 1. The third kappa shape index (κ3) is 1.43. The van der Waals surface area contributed by atoms with Crippen molar-refractivity contribution in [3.63, 3.8) is 0 Å². The first kappa shape index (κ1) is 10.2. The van der Waals surface area contributed by atoms with Gasteiger partial charge in [0.2, 0.25) is 0 Å². The Morgan fingerprint density at radius 3 is 2.95 bits per heavy atom. The number of hydrogen-bond acceptors (Lipinski definition) is 4. The average Bonchev–Trinajstić information content (AvgIpc) is 3.05. The maximum Gasteiger partial charge on any atom is 0.120 e. The van der Waals surface area contributed by atoms with Crippen molar-refractivity contribution in [2.45, 2.75) is 0 Å². The third-order valence-electron chi connectivity index (χ3n) is 3.27. The fourth-order valence-corrected chi connectivity index (χ4v) is 2.31. The molecule has 0 atom stereocenters. The van der Waals surface area contributed by atoms with Gasteiger partial charge in [0.25, 0.3) is 0 Å². The van der Waals surface area contributed by atoms with E-state index in [0.29, 0.717) is 0 Å². The lowest BCUT2D eigenvalue weighted by molar-refractivity contribution is 0.736. The van der Waals surface area contributed by atoms with Gasteiger partial charge in [-0.3, -0.25) is 0 Å². The van der Waals surface area contributed by atoms with Crippen molar-refractivity contribution in [3.8, 4) is 11.1 Å². The number of nitrogens with one attached hydrogen (secondary N) is 1. The SMILES string of the molecule is Cn1nnc2cc(-c3cccc4n[nH]nc34)ccc21. The first-order chi connectivity index (χ1) is 9.33. The number of para-hydroxylation sites is 1. The summed E-state index contributed by atoms with van der Waals surface area (Å²) in [6.45, 7) is 0. The Morgan fingerprint density at radius 2 is 2.00 bits per heavy atom. The molecule has 2 aromatic heterocycles. The lowest BCUT2D eigenvalue weighted by Gasteiger charge is -2.02. The number of benzene rings is 2. The highest BCUT2D eigenvalue weighted by atomic mass is 15.4. The first-order valence-corrected chi connectivity index (χ1v) is 5.92. The normalized spacial score (nSPS) is 11.4. The third-order valence-corrected chi connectivity index (χ3v) is 3.27. The molecule has 0 bridgehead atoms. The molecule has 92 valence electrons. The molecule has 6 nitrogen and oxygen atoms in total. The fraction of sp³-hybridized carbons (Fsp3) is 0.0769. The van der Waals surface area contributed by atoms with Crippen molar-refractivity contribution >= 4 is 22.1 Å². The molecule has 4 rings (SSSR count). The van der Waals surface area contributed by atoms with Gasteiger partial charge in [-0.15, -0.1) is 5.10 Å². The minimum Gasteiger partial charge on any atom is -0.248 e. The van der Waals surface area contributed by atoms with Gasteiger partial charge in [-0.2, -0.15) is 15.4 Å². The molecular formula is C13H10N6. The standard InChI is InChI=1S/C13H10N6/c1-19-12-6-5-8(7-11(12)15-18-19)9-3-2-4-10-13(9)16-17-14-10/h2-7H,1H3,(H,14,16,17). The predicted octanol–water partition coefficient (Wildman–Crippen LogP) is 1.91. The largest absolute Gasteiger partial charge is 0.248 e. The van der Waals surface area contributed by atoms with Crippen LogP contribution in [0.3, 0.4) is 0 Å². The van der Waals surface area contributed by atoms with Gasteiger partial charge < -0.3 is 0 Å². The van der Waals surface area contributed by atoms with E-state index in [2.05, 4.69) is 31.8 Å². The first-order valence-electron chi connectivity index (χ1n) is 5.92. The molecule has 2 heterocycles. The Kier molecular flexibility index (Phi) is 1.94. The van der Waals surface area contributed by atoms with Crippen LogP contribution in [0.4, 0.5) is 0 Å². The molecule has 0 aliphatic rings. The van der Waals surface area contributed by atoms with E-state index in [4.69, 9.17) is 0 Å². The summed E-state index contributed by atoms with van der Waals surface area (Å²) >= 11 is 0. The van der Waals surface area contributed by atoms with Gasteiger partial charge >= 0.3 is 0 Å². The van der Waals surface area contributed by atoms with Gasteiger partial charge in [0.15, 0.2) is 0 Å². The molecule has 0 aliphatic heterocycles. The van der Waals surface area contributed by atoms with E-state index >= 15 is 0 Å². The highest BCUT2D eigenvalue weighted by molar-refractivity contribution is 5.93. The molecule has 0 amide bonds. The van der Waals surface area contributed by atoms with Gasteiger partial charge in [0, 0.05) is 12.6 Å². The van der Waals surface area contributed by atoms with E-state index < -0.39 is 0 Å². The van der Waals surface area contributed by atoms with E-state index in [0.717, 1.165) is 33.2 Å². The minimum atomic E-state index is 0.858. The zero-order valence-electron chi connectivity index (χ0n) is 10.2. The van der Waals surface area contributed by atoms with E-state index in [1.54, 1.807) is 4.68 Å². The van der Waals surface area contributed by atoms with Crippen molar-refractivity contribution in [2.75, 3.05) is 0 Å². The maximum absolute atomic E-state index is 4.20. The number of fused-ring (bicyclic) bond motifs is 2. The summed E-state index contributed by atoms with van der Waals surface area (Å²) in [4.78, 5) is 0. The molecule has 6 heteroatoms. The van der Waals surface area contributed by atoms with Crippen LogP contribution in [0.1, 0.15) is 0 Å². The second-order valence-electron chi connectivity index (χ2n) is 4.41. The predicted molar refractivity (Wildman–Crippen MR) is 71.4 cm³/mol. The smallest absolute Gasteiger partial charge is 0.120 e. The Labute approximate surface area is 108 Å². The summed E-state index contributed by atoms with van der Waals surface area (Å²) in [7, 11) is 1.88. The number of hydrogen-bond donors (Lipinski definition) is 1. The molecule has 1 N–H and O–H groups in total. The monoisotopic (exact) mass is 250 g/mol. The maximum atomic E-state index is 4.20. The Balaban J connectivity index is 2.01. The molecule has 2 aromatic carbocycles. The van der Waals surface area contributed by atoms with E-state index in [1.165, 1.54) is 0 Å². The van der Waals surface area contributed by atoms with Crippen molar-refractivity contribution < 1.29 is 0 Å². The van der Waals surface area contributed by atoms with Crippen molar-refractivity contribution in [1.29, 1.82) is 0 Å². The second-order valence-corrected chi connectivity index (χ2v) is 4.41. The molecule has 4 aromatic rings. The molecule has 19 heavy (non-hydrogen) atoms. The number of aromatic amines is 1. The van der Waals surface area contributed by atoms with Crippen LogP contribution in [-0.2, 0) is 7.05 Å². The Hall–Kier alpha value is -2.76. The number of H-pyrrole nitrogens is 1. The van der Waals surface area contributed by atoms with E-state index in [1.807, 2.05) is 37.4 Å². The molecule has 0 fully saturated rings. The second kappa shape index (κ2) is 3.61. The molecule has 0 unspecified atom stereocenters. The van der Waals surface area contributed by atoms with Crippen molar-refractivity contribution in [3.05, 3.63) is 36.4 Å². The number of rotatable bonds is 1. The van der Waals surface area contributed by atoms with E-state index in [9.17, 15) is 0 Å². The van der Waals surface area contributed by atoms with Gasteiger partial charge in [-0.05, 0) is 23.8 Å². The quantitative estimate of drug-likeness (QED) is 0.560. The van der Waals surface area contributed by atoms with Gasteiger partial charge in [-0.1, -0.05) is 23.4 Å². The summed E-state index contributed by atoms with van der Waals surface area (Å²) in [5.41, 5.74) is 5.71.